The van der Waals surface area contributed by atoms with Gasteiger partial charge in [-0.25, -0.2) is 0 Å². The maximum atomic E-state index is 2.45. The largest absolute Gasteiger partial charge is 0.0851 e. The summed E-state index contributed by atoms with van der Waals surface area (Å²) in [6.07, 6.45) is 7.58. The summed E-state index contributed by atoms with van der Waals surface area (Å²) in [5, 5.41) is 0. The minimum Gasteiger partial charge on any atom is -0.0851 e. The third-order valence-corrected chi connectivity index (χ3v) is 4.72. The molecule has 1 saturated carbocycles. The Hall–Kier alpha value is -1.82. The summed E-state index contributed by atoms with van der Waals surface area (Å²) >= 11 is 0. The fourth-order valence-electron chi connectivity index (χ4n) is 3.84. The van der Waals surface area contributed by atoms with Crippen molar-refractivity contribution >= 4 is 0 Å². The molecule has 0 nitrogen and oxygen atoms in total. The molecule has 1 fully saturated rings. The number of benzene rings is 2. The van der Waals surface area contributed by atoms with Gasteiger partial charge in [0.2, 0.25) is 0 Å². The van der Waals surface area contributed by atoms with Crippen LogP contribution in [0, 0.1) is 11.8 Å². The molecule has 0 radical (unpaired) electrons. The second-order valence-corrected chi connectivity index (χ2v) is 5.84. The molecule has 2 aromatic rings. The second-order valence-electron chi connectivity index (χ2n) is 5.84. The van der Waals surface area contributed by atoms with Crippen LogP contribution in [0.1, 0.15) is 24.3 Å². The van der Waals surface area contributed by atoms with Crippen molar-refractivity contribution in [2.45, 2.75) is 18.8 Å². The summed E-state index contributed by atoms with van der Waals surface area (Å²) < 4.78 is 0. The van der Waals surface area contributed by atoms with Crippen LogP contribution in [-0.2, 0) is 0 Å². The van der Waals surface area contributed by atoms with E-state index in [4.69, 9.17) is 0 Å². The van der Waals surface area contributed by atoms with Gasteiger partial charge in [-0.1, -0.05) is 66.7 Å². The first-order chi connectivity index (χ1) is 9.42. The lowest BCUT2D eigenvalue weighted by atomic mass is 9.83. The van der Waals surface area contributed by atoms with Crippen molar-refractivity contribution in [3.63, 3.8) is 0 Å². The molecule has 3 unspecified atom stereocenters. The van der Waals surface area contributed by atoms with E-state index in [1.165, 1.54) is 24.0 Å². The molecule has 0 aliphatic heterocycles. The average Bonchev–Trinajstić information content (AvgIpc) is 3.11. The molecular weight excluding hydrogens is 228 g/mol. The van der Waals surface area contributed by atoms with E-state index >= 15 is 0 Å². The normalized spacial score (nSPS) is 27.9. The first-order valence-corrected chi connectivity index (χ1v) is 7.24. The lowest BCUT2D eigenvalue weighted by Gasteiger charge is -2.22. The SMILES string of the molecule is C1=CC2CC1CC2c1ccccc1-c1ccccc1. The third-order valence-electron chi connectivity index (χ3n) is 4.72. The maximum Gasteiger partial charge on any atom is -0.00870 e. The van der Waals surface area contributed by atoms with Crippen LogP contribution >= 0.6 is 0 Å². The van der Waals surface area contributed by atoms with Crippen LogP contribution in [0.2, 0.25) is 0 Å². The molecule has 2 aromatic carbocycles. The summed E-state index contributed by atoms with van der Waals surface area (Å²) in [6.45, 7) is 0. The van der Waals surface area contributed by atoms with Gasteiger partial charge in [-0.2, -0.15) is 0 Å². The molecule has 0 amide bonds. The van der Waals surface area contributed by atoms with E-state index in [0.29, 0.717) is 0 Å². The quantitative estimate of drug-likeness (QED) is 0.652. The van der Waals surface area contributed by atoms with Gasteiger partial charge < -0.3 is 0 Å². The highest BCUT2D eigenvalue weighted by Crippen LogP contribution is 2.50. The Bertz CT molecular complexity index is 609. The van der Waals surface area contributed by atoms with Gasteiger partial charge in [0.1, 0.15) is 0 Å². The fraction of sp³-hybridized carbons (Fsp3) is 0.263. The summed E-state index contributed by atoms with van der Waals surface area (Å²) in [5.41, 5.74) is 4.32. The van der Waals surface area contributed by atoms with Gasteiger partial charge in [0.25, 0.3) is 0 Å². The Balaban J connectivity index is 1.79. The summed E-state index contributed by atoms with van der Waals surface area (Å²) in [6, 6.07) is 19.8. The number of fused-ring (bicyclic) bond motifs is 2. The molecule has 2 bridgehead atoms. The van der Waals surface area contributed by atoms with Crippen LogP contribution in [0.4, 0.5) is 0 Å². The zero-order chi connectivity index (χ0) is 12.7. The number of hydrogen-bond acceptors (Lipinski definition) is 0. The second kappa shape index (κ2) is 4.38. The van der Waals surface area contributed by atoms with Crippen molar-refractivity contribution in [3.05, 3.63) is 72.3 Å². The summed E-state index contributed by atoms with van der Waals surface area (Å²) in [5.74, 6) is 2.33. The molecule has 0 N–H and O–H groups in total. The highest BCUT2D eigenvalue weighted by molar-refractivity contribution is 5.68. The predicted octanol–water partition coefficient (Wildman–Crippen LogP) is 5.03. The van der Waals surface area contributed by atoms with Gasteiger partial charge in [0.05, 0.1) is 0 Å². The Morgan fingerprint density at radius 3 is 2.26 bits per heavy atom. The summed E-state index contributed by atoms with van der Waals surface area (Å²) in [7, 11) is 0. The van der Waals surface area contributed by atoms with Crippen LogP contribution in [-0.4, -0.2) is 0 Å². The lowest BCUT2D eigenvalue weighted by molar-refractivity contribution is 0.587. The maximum absolute atomic E-state index is 2.45. The molecule has 3 atom stereocenters. The van der Waals surface area contributed by atoms with Gasteiger partial charge >= 0.3 is 0 Å². The Morgan fingerprint density at radius 1 is 0.737 bits per heavy atom. The van der Waals surface area contributed by atoms with E-state index in [1.54, 1.807) is 5.56 Å². The van der Waals surface area contributed by atoms with Gasteiger partial charge in [0, 0.05) is 0 Å². The zero-order valence-corrected chi connectivity index (χ0v) is 11.0. The number of allylic oxidation sites excluding steroid dienone is 2. The van der Waals surface area contributed by atoms with Gasteiger partial charge in [-0.3, -0.25) is 0 Å². The van der Waals surface area contributed by atoms with E-state index in [2.05, 4.69) is 66.7 Å². The van der Waals surface area contributed by atoms with Crippen molar-refractivity contribution in [3.8, 4) is 11.1 Å². The van der Waals surface area contributed by atoms with Crippen molar-refractivity contribution in [2.75, 3.05) is 0 Å². The molecule has 0 spiro atoms. The minimum atomic E-state index is 0.728. The van der Waals surface area contributed by atoms with E-state index < -0.39 is 0 Å². The highest BCUT2D eigenvalue weighted by atomic mass is 14.4. The van der Waals surface area contributed by atoms with Crippen LogP contribution in [0.5, 0.6) is 0 Å². The van der Waals surface area contributed by atoms with Crippen LogP contribution in [0.15, 0.2) is 66.7 Å². The van der Waals surface area contributed by atoms with Crippen molar-refractivity contribution in [1.82, 2.24) is 0 Å². The molecule has 2 aliphatic carbocycles. The molecule has 0 saturated heterocycles. The van der Waals surface area contributed by atoms with Crippen LogP contribution in [0.3, 0.4) is 0 Å². The molecule has 0 heterocycles. The van der Waals surface area contributed by atoms with Crippen LogP contribution in [0.25, 0.3) is 11.1 Å². The number of rotatable bonds is 2. The third kappa shape index (κ3) is 1.83. The monoisotopic (exact) mass is 246 g/mol. The van der Waals surface area contributed by atoms with Crippen LogP contribution < -0.4 is 0 Å². The summed E-state index contributed by atoms with van der Waals surface area (Å²) in [4.78, 5) is 0. The van der Waals surface area contributed by atoms with E-state index in [0.717, 1.165) is 17.8 Å². The first kappa shape index (κ1) is 11.0. The van der Waals surface area contributed by atoms with Crippen molar-refractivity contribution in [2.24, 2.45) is 11.8 Å². The Labute approximate surface area is 114 Å². The van der Waals surface area contributed by atoms with E-state index in [9.17, 15) is 0 Å². The smallest absolute Gasteiger partial charge is 0.00870 e. The molecular formula is C19H18. The topological polar surface area (TPSA) is 0 Å². The van der Waals surface area contributed by atoms with Gasteiger partial charge in [-0.15, -0.1) is 0 Å². The first-order valence-electron chi connectivity index (χ1n) is 7.24. The lowest BCUT2D eigenvalue weighted by Crippen LogP contribution is -2.06. The zero-order valence-electron chi connectivity index (χ0n) is 11.0. The van der Waals surface area contributed by atoms with E-state index in [1.807, 2.05) is 0 Å². The Kier molecular flexibility index (Phi) is 2.55. The average molecular weight is 246 g/mol. The van der Waals surface area contributed by atoms with E-state index in [-0.39, 0.29) is 0 Å². The van der Waals surface area contributed by atoms with Crippen molar-refractivity contribution < 1.29 is 0 Å². The molecule has 2 aliphatic rings. The van der Waals surface area contributed by atoms with Gasteiger partial charge in [-0.05, 0) is 47.3 Å². The molecule has 19 heavy (non-hydrogen) atoms. The predicted molar refractivity (Wildman–Crippen MR) is 80.0 cm³/mol. The fourth-order valence-corrected chi connectivity index (χ4v) is 3.84. The number of hydrogen-bond donors (Lipinski definition) is 0. The van der Waals surface area contributed by atoms with Gasteiger partial charge in [0.15, 0.2) is 0 Å². The standard InChI is InChI=1S/C19H18/c1-2-6-15(7-3-1)17-8-4-5-9-18(17)19-13-14-10-11-16(19)12-14/h1-11,14,16,19H,12-13H2. The molecule has 94 valence electrons. The highest BCUT2D eigenvalue weighted by Gasteiger charge is 2.37. The molecule has 0 heteroatoms. The molecule has 4 rings (SSSR count). The molecule has 0 aromatic heterocycles. The Morgan fingerprint density at radius 2 is 1.53 bits per heavy atom. The minimum absolute atomic E-state index is 0.728. The van der Waals surface area contributed by atoms with Crippen molar-refractivity contribution in [1.29, 1.82) is 0 Å².